The highest BCUT2D eigenvalue weighted by atomic mass is 16.6. The van der Waals surface area contributed by atoms with E-state index in [2.05, 4.69) is 45.4 Å². The smallest absolute Gasteiger partial charge is 0.301 e. The normalized spacial score (nSPS) is 11.3. The Balaban J connectivity index is 1.43. The molecule has 0 aliphatic heterocycles. The van der Waals surface area contributed by atoms with Gasteiger partial charge in [-0.2, -0.15) is 5.10 Å². The van der Waals surface area contributed by atoms with E-state index < -0.39 is 15.5 Å². The number of benzene rings is 4. The van der Waals surface area contributed by atoms with Crippen molar-refractivity contribution in [3.05, 3.63) is 122 Å². The van der Waals surface area contributed by atoms with Gasteiger partial charge in [-0.15, -0.1) is 0 Å². The van der Waals surface area contributed by atoms with Crippen molar-refractivity contribution in [3.8, 4) is 0 Å². The second kappa shape index (κ2) is 9.06. The van der Waals surface area contributed by atoms with Gasteiger partial charge in [0.25, 0.3) is 5.69 Å². The van der Waals surface area contributed by atoms with E-state index in [0.717, 1.165) is 28.1 Å². The zero-order chi connectivity index (χ0) is 24.4. The van der Waals surface area contributed by atoms with Crippen molar-refractivity contribution in [3.63, 3.8) is 0 Å². The number of rotatable bonds is 7. The van der Waals surface area contributed by atoms with Crippen molar-refractivity contribution in [2.75, 3.05) is 5.43 Å². The molecule has 0 saturated heterocycles. The molecule has 1 aromatic heterocycles. The highest BCUT2D eigenvalue weighted by Crippen LogP contribution is 2.29. The van der Waals surface area contributed by atoms with E-state index in [1.807, 2.05) is 42.6 Å². The molecule has 0 fully saturated rings. The van der Waals surface area contributed by atoms with Crippen molar-refractivity contribution in [1.29, 1.82) is 0 Å². The molecule has 0 radical (unpaired) electrons. The van der Waals surface area contributed by atoms with Crippen molar-refractivity contribution < 1.29 is 9.85 Å². The number of nitro benzene ring substituents is 2. The third kappa shape index (κ3) is 4.42. The lowest BCUT2D eigenvalue weighted by atomic mass is 10.1. The zero-order valence-electron chi connectivity index (χ0n) is 18.4. The number of nitrogens with one attached hydrogen (secondary N) is 1. The first-order valence-corrected chi connectivity index (χ1v) is 10.8. The average Bonchev–Trinajstić information content (AvgIpc) is 3.21. The highest BCUT2D eigenvalue weighted by Gasteiger charge is 2.19. The van der Waals surface area contributed by atoms with E-state index in [1.165, 1.54) is 22.9 Å². The average molecular weight is 465 g/mol. The lowest BCUT2D eigenvalue weighted by Gasteiger charge is -2.07. The monoisotopic (exact) mass is 465 g/mol. The molecule has 1 heterocycles. The van der Waals surface area contributed by atoms with Crippen LogP contribution in [0.5, 0.6) is 0 Å². The summed E-state index contributed by atoms with van der Waals surface area (Å²) in [5, 5.41) is 29.8. The van der Waals surface area contributed by atoms with Crippen LogP contribution in [0.1, 0.15) is 11.1 Å². The van der Waals surface area contributed by atoms with Crippen molar-refractivity contribution in [1.82, 2.24) is 4.57 Å². The molecule has 9 nitrogen and oxygen atoms in total. The third-order valence-corrected chi connectivity index (χ3v) is 5.76. The quantitative estimate of drug-likeness (QED) is 0.177. The van der Waals surface area contributed by atoms with Crippen LogP contribution in [0, 0.1) is 20.2 Å². The maximum Gasteiger partial charge on any atom is 0.301 e. The fraction of sp³-hybridized carbons (Fsp3) is 0.0385. The van der Waals surface area contributed by atoms with Gasteiger partial charge in [0.15, 0.2) is 0 Å². The molecule has 1 N–H and O–H groups in total. The first-order chi connectivity index (χ1) is 17.0. The summed E-state index contributed by atoms with van der Waals surface area (Å²) < 4.78 is 2.13. The molecular formula is C26H19N5O4. The van der Waals surface area contributed by atoms with Crippen LogP contribution in [0.4, 0.5) is 17.1 Å². The molecule has 0 bridgehead atoms. The number of nitrogens with zero attached hydrogens (tertiary/aromatic N) is 4. The number of non-ortho nitro benzene ring substituents is 1. The van der Waals surface area contributed by atoms with Gasteiger partial charge in [0.05, 0.1) is 22.1 Å². The number of aromatic nitrogens is 1. The maximum absolute atomic E-state index is 11.4. The predicted octanol–water partition coefficient (Wildman–Crippen LogP) is 6.11. The van der Waals surface area contributed by atoms with Gasteiger partial charge in [-0.25, -0.2) is 0 Å². The molecule has 0 atom stereocenters. The fourth-order valence-electron chi connectivity index (χ4n) is 4.09. The Morgan fingerprint density at radius 3 is 2.43 bits per heavy atom. The fourth-order valence-corrected chi connectivity index (χ4v) is 4.09. The molecule has 0 unspecified atom stereocenters. The Labute approximate surface area is 199 Å². The van der Waals surface area contributed by atoms with Gasteiger partial charge in [0, 0.05) is 35.3 Å². The Hall–Kier alpha value is -5.05. The molecule has 0 aliphatic carbocycles. The Bertz CT molecular complexity index is 1620. The number of nitro groups is 2. The van der Waals surface area contributed by atoms with Crippen LogP contribution in [-0.2, 0) is 6.54 Å². The van der Waals surface area contributed by atoms with E-state index >= 15 is 0 Å². The minimum atomic E-state index is -0.680. The van der Waals surface area contributed by atoms with Crippen molar-refractivity contribution in [2.45, 2.75) is 6.54 Å². The summed E-state index contributed by atoms with van der Waals surface area (Å²) in [6.07, 6.45) is 3.57. The molecule has 5 rings (SSSR count). The minimum Gasteiger partial charge on any atom is -0.342 e. The predicted molar refractivity (Wildman–Crippen MR) is 136 cm³/mol. The molecule has 172 valence electrons. The SMILES string of the molecule is O=[N+]([O-])c1ccc(N/N=C/c2cn(Cc3ccc4ccccc4c3)c3ccccc23)c([N+](=O)[O-])c1. The van der Waals surface area contributed by atoms with E-state index in [1.54, 1.807) is 6.21 Å². The van der Waals surface area contributed by atoms with E-state index in [-0.39, 0.29) is 11.4 Å². The second-order valence-corrected chi connectivity index (χ2v) is 8.00. The van der Waals surface area contributed by atoms with Crippen LogP contribution in [-0.4, -0.2) is 20.6 Å². The van der Waals surface area contributed by atoms with Crippen molar-refractivity contribution >= 4 is 45.0 Å². The van der Waals surface area contributed by atoms with Crippen LogP contribution in [0.15, 0.2) is 96.2 Å². The minimum absolute atomic E-state index is 0.0664. The molecule has 0 spiro atoms. The molecule has 0 amide bonds. The van der Waals surface area contributed by atoms with Gasteiger partial charge in [-0.3, -0.25) is 25.7 Å². The lowest BCUT2D eigenvalue weighted by molar-refractivity contribution is -0.393. The van der Waals surface area contributed by atoms with Crippen LogP contribution >= 0.6 is 0 Å². The van der Waals surface area contributed by atoms with Crippen LogP contribution < -0.4 is 5.43 Å². The van der Waals surface area contributed by atoms with Crippen LogP contribution in [0.2, 0.25) is 0 Å². The van der Waals surface area contributed by atoms with Crippen molar-refractivity contribution in [2.24, 2.45) is 5.10 Å². The van der Waals surface area contributed by atoms with E-state index in [9.17, 15) is 20.2 Å². The number of fused-ring (bicyclic) bond motifs is 2. The number of anilines is 1. The number of hydrazone groups is 1. The first kappa shape index (κ1) is 21.8. The molecule has 0 saturated carbocycles. The Kier molecular flexibility index (Phi) is 5.64. The third-order valence-electron chi connectivity index (χ3n) is 5.76. The standard InChI is InChI=1S/C26H19N5O4/c32-30(33)22-11-12-24(26(14-22)31(34)35)28-27-15-21-17-29(25-8-4-3-7-23(21)25)16-18-9-10-19-5-1-2-6-20(19)13-18/h1-15,17,28H,16H2/b27-15+. The summed E-state index contributed by atoms with van der Waals surface area (Å²) in [4.78, 5) is 20.9. The lowest BCUT2D eigenvalue weighted by Crippen LogP contribution is -1.99. The van der Waals surface area contributed by atoms with Gasteiger partial charge in [-0.05, 0) is 34.5 Å². The topological polar surface area (TPSA) is 116 Å². The zero-order valence-corrected chi connectivity index (χ0v) is 18.4. The number of hydrogen-bond acceptors (Lipinski definition) is 6. The van der Waals surface area contributed by atoms with E-state index in [0.29, 0.717) is 6.54 Å². The summed E-state index contributed by atoms with van der Waals surface area (Å²) in [5.41, 5.74) is 4.96. The number of para-hydroxylation sites is 1. The molecule has 4 aromatic carbocycles. The molecule has 35 heavy (non-hydrogen) atoms. The van der Waals surface area contributed by atoms with Gasteiger partial charge in [0.1, 0.15) is 5.69 Å². The summed E-state index contributed by atoms with van der Waals surface area (Å²) in [7, 11) is 0. The summed E-state index contributed by atoms with van der Waals surface area (Å²) >= 11 is 0. The molecular weight excluding hydrogens is 446 g/mol. The van der Waals surface area contributed by atoms with Crippen LogP contribution in [0.25, 0.3) is 21.7 Å². The first-order valence-electron chi connectivity index (χ1n) is 10.8. The molecule has 5 aromatic rings. The maximum atomic E-state index is 11.4. The van der Waals surface area contributed by atoms with E-state index in [4.69, 9.17) is 0 Å². The Morgan fingerprint density at radius 1 is 0.857 bits per heavy atom. The molecule has 9 heteroatoms. The summed E-state index contributed by atoms with van der Waals surface area (Å²) in [5.74, 6) is 0. The number of hydrogen-bond donors (Lipinski definition) is 1. The summed E-state index contributed by atoms with van der Waals surface area (Å²) in [6, 6.07) is 25.9. The van der Waals surface area contributed by atoms with Gasteiger partial charge < -0.3 is 4.57 Å². The van der Waals surface area contributed by atoms with Gasteiger partial charge >= 0.3 is 5.69 Å². The molecule has 0 aliphatic rings. The largest absolute Gasteiger partial charge is 0.342 e. The van der Waals surface area contributed by atoms with Gasteiger partial charge in [-0.1, -0.05) is 54.6 Å². The second-order valence-electron chi connectivity index (χ2n) is 8.00. The highest BCUT2D eigenvalue weighted by molar-refractivity contribution is 5.99. The van der Waals surface area contributed by atoms with Gasteiger partial charge in [0.2, 0.25) is 0 Å². The summed E-state index contributed by atoms with van der Waals surface area (Å²) in [6.45, 7) is 0.667. The van der Waals surface area contributed by atoms with Crippen LogP contribution in [0.3, 0.4) is 0 Å². The Morgan fingerprint density at radius 2 is 1.63 bits per heavy atom.